The van der Waals surface area contributed by atoms with Gasteiger partial charge < -0.3 is 15.1 Å². The van der Waals surface area contributed by atoms with Crippen LogP contribution in [0.5, 0.6) is 0 Å². The summed E-state index contributed by atoms with van der Waals surface area (Å²) in [7, 11) is 1.67. The SMILES string of the molecule is CSC1CC(C(=N)N(C)C=N)(c2cccc(N3Cc4c(cc(CNC5(C)CCC5)cc4C(F)(F)F)C3=O)c2)C1.[HH]. The molecule has 2 aliphatic carbocycles. The molecule has 1 amide bonds. The Morgan fingerprint density at radius 1 is 1.28 bits per heavy atom. The molecule has 0 spiro atoms. The summed E-state index contributed by atoms with van der Waals surface area (Å²) in [5, 5.41) is 20.2. The number of benzene rings is 2. The number of alkyl halides is 3. The van der Waals surface area contributed by atoms with Crippen LogP contribution in [0.3, 0.4) is 0 Å². The van der Waals surface area contributed by atoms with E-state index in [1.165, 1.54) is 15.9 Å². The largest absolute Gasteiger partial charge is 0.416 e. The maximum atomic E-state index is 14.2. The molecule has 0 atom stereocenters. The zero-order valence-electron chi connectivity index (χ0n) is 22.4. The zero-order chi connectivity index (χ0) is 28.2. The van der Waals surface area contributed by atoms with E-state index in [-0.39, 0.29) is 31.2 Å². The third-order valence-electron chi connectivity index (χ3n) is 8.78. The topological polar surface area (TPSA) is 83.3 Å². The van der Waals surface area contributed by atoms with Crippen molar-refractivity contribution in [3.8, 4) is 0 Å². The number of hydrogen-bond acceptors (Lipinski definition) is 5. The first-order valence-corrected chi connectivity index (χ1v) is 14.5. The fraction of sp³-hybridized carbons (Fsp3) is 0.483. The lowest BCUT2D eigenvalue weighted by Crippen LogP contribution is -2.54. The van der Waals surface area contributed by atoms with Crippen LogP contribution in [0.25, 0.3) is 0 Å². The number of nitrogens with zero attached hydrogens (tertiary/aromatic N) is 2. The summed E-state index contributed by atoms with van der Waals surface area (Å²) in [6.07, 6.45) is 3.07. The van der Waals surface area contributed by atoms with E-state index < -0.39 is 23.1 Å². The minimum absolute atomic E-state index is 0. The lowest BCUT2D eigenvalue weighted by Gasteiger charge is -2.49. The molecule has 2 fully saturated rings. The van der Waals surface area contributed by atoms with Crippen molar-refractivity contribution >= 4 is 35.5 Å². The highest BCUT2D eigenvalue weighted by atomic mass is 32.2. The standard InChI is InChI=1S/C29H34F3N5OS.H2/c1-27(8-5-9-27)35-15-18-10-22-23(24(11-18)29(30,31)32)16-37(25(22)38)20-7-4-6-19(12-20)28(13-21(14-28)39-3)26(34)36(2)17-33;/h4,6-7,10-12,17,21,33-35H,5,8-9,13-16H2,1-3H3;1H. The molecule has 2 aromatic rings. The van der Waals surface area contributed by atoms with Crippen LogP contribution in [-0.2, 0) is 24.7 Å². The van der Waals surface area contributed by atoms with Crippen LogP contribution in [0.15, 0.2) is 36.4 Å². The van der Waals surface area contributed by atoms with Gasteiger partial charge in [0.15, 0.2) is 0 Å². The van der Waals surface area contributed by atoms with Crippen molar-refractivity contribution in [3.05, 3.63) is 64.2 Å². The molecule has 0 aromatic heterocycles. The van der Waals surface area contributed by atoms with Gasteiger partial charge in [-0.1, -0.05) is 12.1 Å². The molecule has 5 rings (SSSR count). The average Bonchev–Trinajstić information content (AvgIpc) is 3.20. The van der Waals surface area contributed by atoms with Crippen molar-refractivity contribution in [1.29, 1.82) is 10.8 Å². The number of rotatable bonds is 8. The number of halogens is 3. The van der Waals surface area contributed by atoms with Crippen LogP contribution in [-0.4, -0.2) is 47.1 Å². The number of nitrogens with one attached hydrogen (secondary N) is 3. The first-order valence-electron chi connectivity index (χ1n) is 13.2. The molecule has 2 aromatic carbocycles. The third kappa shape index (κ3) is 4.86. The third-order valence-corrected chi connectivity index (χ3v) is 9.78. The Morgan fingerprint density at radius 3 is 2.59 bits per heavy atom. The number of carbonyl (C=O) groups is 1. The Labute approximate surface area is 232 Å². The Bertz CT molecular complexity index is 1320. The van der Waals surface area contributed by atoms with Gasteiger partial charge >= 0.3 is 6.18 Å². The summed E-state index contributed by atoms with van der Waals surface area (Å²) in [5.74, 6) is -0.145. The highest BCUT2D eigenvalue weighted by molar-refractivity contribution is 7.99. The Morgan fingerprint density at radius 2 is 2.00 bits per heavy atom. The molecule has 0 radical (unpaired) electrons. The van der Waals surface area contributed by atoms with Crippen LogP contribution in [0.1, 0.15) is 73.1 Å². The summed E-state index contributed by atoms with van der Waals surface area (Å²) in [4.78, 5) is 16.5. The predicted molar refractivity (Wildman–Crippen MR) is 152 cm³/mol. The normalized spacial score (nSPS) is 23.6. The second-order valence-corrected chi connectivity index (χ2v) is 12.5. The minimum Gasteiger partial charge on any atom is -0.324 e. The fourth-order valence-corrected chi connectivity index (χ4v) is 6.96. The molecule has 10 heteroatoms. The van der Waals surface area contributed by atoms with Crippen LogP contribution >= 0.6 is 11.8 Å². The second-order valence-electron chi connectivity index (χ2n) is 11.3. The van der Waals surface area contributed by atoms with Crippen LogP contribution in [0.4, 0.5) is 18.9 Å². The summed E-state index contributed by atoms with van der Waals surface area (Å²) < 4.78 is 42.5. The van der Waals surface area contributed by atoms with Gasteiger partial charge in [-0.05, 0) is 86.2 Å². The Balaban J connectivity index is 0.00000370. The number of amidine groups is 1. The van der Waals surface area contributed by atoms with Crippen LogP contribution < -0.4 is 10.2 Å². The number of hydrogen-bond donors (Lipinski definition) is 3. The van der Waals surface area contributed by atoms with E-state index in [1.807, 2.05) is 18.4 Å². The highest BCUT2D eigenvalue weighted by Gasteiger charge is 2.50. The quantitative estimate of drug-likeness (QED) is 0.257. The van der Waals surface area contributed by atoms with Crippen LogP contribution in [0.2, 0.25) is 0 Å². The van der Waals surface area contributed by atoms with E-state index in [0.29, 0.717) is 22.3 Å². The molecule has 0 unspecified atom stereocenters. The molecule has 1 heterocycles. The van der Waals surface area contributed by atoms with Crippen molar-refractivity contribution in [2.75, 3.05) is 18.2 Å². The molecule has 6 nitrogen and oxygen atoms in total. The smallest absolute Gasteiger partial charge is 0.324 e. The lowest BCUT2D eigenvalue weighted by atomic mass is 9.62. The van der Waals surface area contributed by atoms with E-state index in [1.54, 1.807) is 37.0 Å². The van der Waals surface area contributed by atoms with Crippen molar-refractivity contribution in [2.24, 2.45) is 0 Å². The predicted octanol–water partition coefficient (Wildman–Crippen LogP) is 6.42. The van der Waals surface area contributed by atoms with Gasteiger partial charge in [0, 0.05) is 37.1 Å². The fourth-order valence-electron chi connectivity index (χ4n) is 6.05. The monoisotopic (exact) mass is 559 g/mol. The molecular formula is C29H36F3N5OS. The van der Waals surface area contributed by atoms with E-state index in [9.17, 15) is 18.0 Å². The van der Waals surface area contributed by atoms with Gasteiger partial charge in [-0.25, -0.2) is 0 Å². The van der Waals surface area contributed by atoms with Gasteiger partial charge in [0.05, 0.1) is 23.9 Å². The number of fused-ring (bicyclic) bond motifs is 1. The van der Waals surface area contributed by atoms with Gasteiger partial charge in [-0.2, -0.15) is 24.9 Å². The maximum Gasteiger partial charge on any atom is 0.416 e. The molecule has 2 saturated carbocycles. The number of anilines is 1. The van der Waals surface area contributed by atoms with Crippen molar-refractivity contribution in [3.63, 3.8) is 0 Å². The second kappa shape index (κ2) is 9.96. The van der Waals surface area contributed by atoms with Gasteiger partial charge in [0.2, 0.25) is 0 Å². The highest BCUT2D eigenvalue weighted by Crippen LogP contribution is 2.50. The Hall–Kier alpha value is -2.85. The number of thioether (sulfide) groups is 1. The van der Waals surface area contributed by atoms with Crippen molar-refractivity contribution < 1.29 is 19.4 Å². The number of amides is 1. The first-order chi connectivity index (χ1) is 18.4. The molecule has 0 saturated heterocycles. The van der Waals surface area contributed by atoms with E-state index in [0.717, 1.165) is 44.0 Å². The van der Waals surface area contributed by atoms with E-state index >= 15 is 0 Å². The average molecular weight is 560 g/mol. The molecule has 39 heavy (non-hydrogen) atoms. The van der Waals surface area contributed by atoms with Gasteiger partial charge in [-0.15, -0.1) is 0 Å². The lowest BCUT2D eigenvalue weighted by molar-refractivity contribution is -0.138. The summed E-state index contributed by atoms with van der Waals surface area (Å²) in [5.41, 5.74) is 0.479. The zero-order valence-corrected chi connectivity index (χ0v) is 23.2. The summed E-state index contributed by atoms with van der Waals surface area (Å²) in [6.45, 7) is 2.19. The molecular weight excluding hydrogens is 523 g/mol. The van der Waals surface area contributed by atoms with Crippen molar-refractivity contribution in [2.45, 2.75) is 74.5 Å². The molecule has 1 aliphatic heterocycles. The van der Waals surface area contributed by atoms with Crippen molar-refractivity contribution in [1.82, 2.24) is 10.2 Å². The molecule has 0 bridgehead atoms. The maximum absolute atomic E-state index is 14.2. The van der Waals surface area contributed by atoms with Crippen LogP contribution in [0, 0.1) is 10.8 Å². The molecule has 210 valence electrons. The Kier molecular flexibility index (Phi) is 7.08. The molecule has 3 N–H and O–H groups in total. The molecule has 3 aliphatic rings. The van der Waals surface area contributed by atoms with Gasteiger partial charge in [0.1, 0.15) is 5.84 Å². The first kappa shape index (κ1) is 27.7. The minimum atomic E-state index is -4.58. The summed E-state index contributed by atoms with van der Waals surface area (Å²) in [6, 6.07) is 10.1. The van der Waals surface area contributed by atoms with Gasteiger partial charge in [-0.3, -0.25) is 15.6 Å². The van der Waals surface area contributed by atoms with E-state index in [4.69, 9.17) is 10.8 Å². The summed E-state index contributed by atoms with van der Waals surface area (Å²) >= 11 is 1.73. The van der Waals surface area contributed by atoms with Gasteiger partial charge in [0.25, 0.3) is 5.91 Å². The van der Waals surface area contributed by atoms with E-state index in [2.05, 4.69) is 12.2 Å². The number of likely N-dealkylation sites (N-methyl/N-ethyl adjacent to an activating group) is 1. The number of carbonyl (C=O) groups excluding carboxylic acids is 1.